The van der Waals surface area contributed by atoms with Gasteiger partial charge in [-0.25, -0.2) is 0 Å². The molecule has 0 saturated heterocycles. The Kier molecular flexibility index (Phi) is 7.13. The van der Waals surface area contributed by atoms with E-state index in [1.54, 1.807) is 0 Å². The topological polar surface area (TPSA) is 35.5 Å². The first-order valence-electron chi connectivity index (χ1n) is 9.62. The third-order valence-corrected chi connectivity index (χ3v) is 9.70. The van der Waals surface area contributed by atoms with Crippen molar-refractivity contribution in [1.29, 1.82) is 0 Å². The van der Waals surface area contributed by atoms with Crippen molar-refractivity contribution >= 4 is 14.4 Å². The lowest BCUT2D eigenvalue weighted by Gasteiger charge is -2.36. The zero-order chi connectivity index (χ0) is 19.2. The lowest BCUT2D eigenvalue weighted by molar-refractivity contribution is 0.278. The van der Waals surface area contributed by atoms with Gasteiger partial charge in [-0.3, -0.25) is 0 Å². The molecule has 4 heteroatoms. The average molecular weight is 375 g/mol. The molecule has 0 spiro atoms. The quantitative estimate of drug-likeness (QED) is 0.358. The van der Waals surface area contributed by atoms with Gasteiger partial charge >= 0.3 is 0 Å². The molecule has 2 aromatic rings. The second kappa shape index (κ2) is 8.91. The Morgan fingerprint density at radius 2 is 1.73 bits per heavy atom. The van der Waals surface area contributed by atoms with Crippen LogP contribution in [0.5, 0.6) is 0 Å². The summed E-state index contributed by atoms with van der Waals surface area (Å²) in [6, 6.07) is 8.11. The zero-order valence-corrected chi connectivity index (χ0v) is 18.2. The number of hydrogen-bond donors (Lipinski definition) is 0. The number of hydrogen-bond acceptors (Lipinski definition) is 3. The van der Waals surface area contributed by atoms with Crippen molar-refractivity contribution in [3.63, 3.8) is 0 Å². The van der Waals surface area contributed by atoms with Crippen molar-refractivity contribution in [3.8, 4) is 0 Å². The predicted octanol–water partition coefficient (Wildman–Crippen LogP) is 6.78. The minimum Gasteiger partial charge on any atom is -0.466 e. The maximum absolute atomic E-state index is 6.22. The van der Waals surface area contributed by atoms with E-state index >= 15 is 0 Å². The summed E-state index contributed by atoms with van der Waals surface area (Å²) < 4.78 is 17.7. The highest BCUT2D eigenvalue weighted by Crippen LogP contribution is 2.36. The molecule has 0 radical (unpaired) electrons. The van der Waals surface area contributed by atoms with Crippen LogP contribution in [0.2, 0.25) is 18.1 Å². The minimum atomic E-state index is -1.61. The minimum absolute atomic E-state index is 0.281. The molecule has 2 aromatic heterocycles. The van der Waals surface area contributed by atoms with Crippen LogP contribution in [0.4, 0.5) is 0 Å². The average Bonchev–Trinajstić information content (AvgIpc) is 3.15. The Labute approximate surface area is 159 Å². The summed E-state index contributed by atoms with van der Waals surface area (Å²) in [5, 5.41) is 0.281. The molecular weight excluding hydrogens is 340 g/mol. The molecule has 0 aliphatic carbocycles. The first-order valence-corrected chi connectivity index (χ1v) is 12.5. The van der Waals surface area contributed by atoms with Crippen molar-refractivity contribution in [3.05, 3.63) is 53.4 Å². The molecule has 3 nitrogen and oxygen atoms in total. The standard InChI is InChI=1S/C22H34O3Si/c1-18-13-14-19(24-18)11-9-12-21-16-15-20(25-21)10-7-8-17-23-26(5,6)22(2,3)4/h9,12-16H,7-8,10-11,17H2,1-6H3/b12-9+. The van der Waals surface area contributed by atoms with Gasteiger partial charge in [-0.05, 0) is 68.2 Å². The molecule has 26 heavy (non-hydrogen) atoms. The second-order valence-electron chi connectivity index (χ2n) is 8.49. The van der Waals surface area contributed by atoms with Crippen molar-refractivity contribution in [1.82, 2.24) is 0 Å². The van der Waals surface area contributed by atoms with Crippen molar-refractivity contribution in [2.45, 2.75) is 71.5 Å². The summed E-state index contributed by atoms with van der Waals surface area (Å²) in [5.74, 6) is 3.88. The van der Waals surface area contributed by atoms with E-state index in [1.165, 1.54) is 0 Å². The highest BCUT2D eigenvalue weighted by atomic mass is 28.4. The number of unbranched alkanes of at least 4 members (excludes halogenated alkanes) is 1. The van der Waals surface area contributed by atoms with Gasteiger partial charge in [0.05, 0.1) is 0 Å². The normalized spacial score (nSPS) is 13.0. The molecular formula is C22H34O3Si. The molecule has 144 valence electrons. The van der Waals surface area contributed by atoms with Gasteiger partial charge in [0, 0.05) is 19.4 Å². The van der Waals surface area contributed by atoms with E-state index in [1.807, 2.05) is 31.2 Å². The van der Waals surface area contributed by atoms with Crippen LogP contribution in [-0.2, 0) is 17.3 Å². The van der Waals surface area contributed by atoms with Crippen molar-refractivity contribution in [2.75, 3.05) is 6.61 Å². The smallest absolute Gasteiger partial charge is 0.191 e. The molecule has 0 bridgehead atoms. The summed E-state index contributed by atoms with van der Waals surface area (Å²) in [4.78, 5) is 0. The first kappa shape index (κ1) is 20.8. The van der Waals surface area contributed by atoms with Crippen LogP contribution in [-0.4, -0.2) is 14.9 Å². The second-order valence-corrected chi connectivity index (χ2v) is 13.3. The van der Waals surface area contributed by atoms with Gasteiger partial charge in [0.25, 0.3) is 0 Å². The van der Waals surface area contributed by atoms with Crippen LogP contribution >= 0.6 is 0 Å². The molecule has 0 aromatic carbocycles. The molecule has 0 atom stereocenters. The molecule has 0 saturated carbocycles. The summed E-state index contributed by atoms with van der Waals surface area (Å²) >= 11 is 0. The van der Waals surface area contributed by atoms with Gasteiger partial charge in [0.1, 0.15) is 23.0 Å². The number of aryl methyl sites for hydroxylation is 2. The Balaban J connectivity index is 1.68. The van der Waals surface area contributed by atoms with E-state index in [9.17, 15) is 0 Å². The van der Waals surface area contributed by atoms with Gasteiger partial charge in [0.2, 0.25) is 0 Å². The van der Waals surface area contributed by atoms with Crippen LogP contribution in [0.1, 0.15) is 56.7 Å². The maximum Gasteiger partial charge on any atom is 0.191 e. The molecule has 0 unspecified atom stereocenters. The fourth-order valence-corrected chi connectivity index (χ4v) is 3.54. The molecule has 0 aliphatic heterocycles. The van der Waals surface area contributed by atoms with Gasteiger partial charge in [-0.15, -0.1) is 0 Å². The number of allylic oxidation sites excluding steroid dienone is 1. The molecule has 2 rings (SSSR count). The molecule has 0 amide bonds. The van der Waals surface area contributed by atoms with E-state index in [4.69, 9.17) is 13.3 Å². The van der Waals surface area contributed by atoms with E-state index in [-0.39, 0.29) is 5.04 Å². The Morgan fingerprint density at radius 3 is 2.38 bits per heavy atom. The number of furan rings is 2. The monoisotopic (exact) mass is 374 g/mol. The van der Waals surface area contributed by atoms with Gasteiger partial charge in [-0.2, -0.15) is 0 Å². The highest BCUT2D eigenvalue weighted by molar-refractivity contribution is 6.74. The Hall–Kier alpha value is -1.52. The van der Waals surface area contributed by atoms with E-state index in [0.717, 1.165) is 55.3 Å². The zero-order valence-electron chi connectivity index (χ0n) is 17.2. The van der Waals surface area contributed by atoms with Crippen LogP contribution < -0.4 is 0 Å². The summed E-state index contributed by atoms with van der Waals surface area (Å²) in [6.07, 6.45) is 8.02. The lowest BCUT2D eigenvalue weighted by atomic mass is 10.2. The summed E-state index contributed by atoms with van der Waals surface area (Å²) in [7, 11) is -1.61. The SMILES string of the molecule is Cc1ccc(C/C=C/c2ccc(CCCCO[Si](C)(C)C(C)(C)C)o2)o1. The third-order valence-electron chi connectivity index (χ3n) is 5.17. The maximum atomic E-state index is 6.22. The molecule has 2 heterocycles. The van der Waals surface area contributed by atoms with Crippen LogP contribution in [0, 0.1) is 6.92 Å². The third kappa shape index (κ3) is 6.33. The first-order chi connectivity index (χ1) is 12.2. The predicted molar refractivity (Wildman–Crippen MR) is 111 cm³/mol. The molecule has 0 N–H and O–H groups in total. The van der Waals surface area contributed by atoms with Crippen LogP contribution in [0.3, 0.4) is 0 Å². The summed E-state index contributed by atoms with van der Waals surface area (Å²) in [6.45, 7) is 14.3. The highest BCUT2D eigenvalue weighted by Gasteiger charge is 2.36. The Morgan fingerprint density at radius 1 is 1.00 bits per heavy atom. The fourth-order valence-electron chi connectivity index (χ4n) is 2.45. The van der Waals surface area contributed by atoms with Gasteiger partial charge < -0.3 is 13.3 Å². The molecule has 0 aliphatic rings. The molecule has 0 fully saturated rings. The van der Waals surface area contributed by atoms with E-state index < -0.39 is 8.32 Å². The van der Waals surface area contributed by atoms with Crippen molar-refractivity contribution in [2.24, 2.45) is 0 Å². The van der Waals surface area contributed by atoms with Gasteiger partial charge in [0.15, 0.2) is 8.32 Å². The van der Waals surface area contributed by atoms with Crippen LogP contribution in [0.25, 0.3) is 6.08 Å². The summed E-state index contributed by atoms with van der Waals surface area (Å²) in [5.41, 5.74) is 0. The fraction of sp³-hybridized carbons (Fsp3) is 0.545. The van der Waals surface area contributed by atoms with E-state index in [2.05, 4.69) is 46.0 Å². The lowest BCUT2D eigenvalue weighted by Crippen LogP contribution is -2.40. The van der Waals surface area contributed by atoms with Crippen molar-refractivity contribution < 1.29 is 13.3 Å². The van der Waals surface area contributed by atoms with Crippen LogP contribution in [0.15, 0.2) is 39.2 Å². The largest absolute Gasteiger partial charge is 0.466 e. The van der Waals surface area contributed by atoms with E-state index in [0.29, 0.717) is 0 Å². The number of rotatable bonds is 9. The van der Waals surface area contributed by atoms with Gasteiger partial charge in [-0.1, -0.05) is 26.8 Å². The Bertz CT molecular complexity index is 701.